The van der Waals surface area contributed by atoms with Gasteiger partial charge in [0.2, 0.25) is 9.84 Å². The predicted octanol–water partition coefficient (Wildman–Crippen LogP) is 4.64. The standard InChI is InChI=1S/C16H11Cl2NO2S/c1-11-3-2-4-12(7-11)8-14(10-19)22(20,21)16-9-13(17)5-6-15(16)18/h2-9H,1H3. The zero-order chi connectivity index (χ0) is 16.3. The van der Waals surface area contributed by atoms with Crippen molar-refractivity contribution in [2.75, 3.05) is 0 Å². The zero-order valence-corrected chi connectivity index (χ0v) is 13.9. The van der Waals surface area contributed by atoms with E-state index in [4.69, 9.17) is 23.2 Å². The number of hydrogen-bond acceptors (Lipinski definition) is 3. The van der Waals surface area contributed by atoms with Crippen LogP contribution in [0, 0.1) is 18.3 Å². The maximum Gasteiger partial charge on any atom is 0.218 e. The summed E-state index contributed by atoms with van der Waals surface area (Å²) < 4.78 is 25.2. The fourth-order valence-electron chi connectivity index (χ4n) is 1.88. The van der Waals surface area contributed by atoms with Crippen LogP contribution < -0.4 is 0 Å². The summed E-state index contributed by atoms with van der Waals surface area (Å²) in [5.74, 6) is 0. The van der Waals surface area contributed by atoms with Gasteiger partial charge in [-0.3, -0.25) is 0 Å². The highest BCUT2D eigenvalue weighted by molar-refractivity contribution is 7.95. The van der Waals surface area contributed by atoms with Gasteiger partial charge in [0.1, 0.15) is 11.0 Å². The van der Waals surface area contributed by atoms with Crippen LogP contribution in [0.5, 0.6) is 0 Å². The Morgan fingerprint density at radius 3 is 2.55 bits per heavy atom. The SMILES string of the molecule is Cc1cccc(C=C(C#N)S(=O)(=O)c2cc(Cl)ccc2Cl)c1. The van der Waals surface area contributed by atoms with Crippen molar-refractivity contribution in [3.8, 4) is 6.07 Å². The lowest BCUT2D eigenvalue weighted by Crippen LogP contribution is -2.04. The number of aryl methyl sites for hydroxylation is 1. The fraction of sp³-hybridized carbons (Fsp3) is 0.0625. The second-order valence-electron chi connectivity index (χ2n) is 4.61. The number of hydrogen-bond donors (Lipinski definition) is 0. The lowest BCUT2D eigenvalue weighted by molar-refractivity contribution is 0.603. The zero-order valence-electron chi connectivity index (χ0n) is 11.5. The molecule has 0 amide bonds. The van der Waals surface area contributed by atoms with E-state index in [0.29, 0.717) is 5.56 Å². The van der Waals surface area contributed by atoms with E-state index in [2.05, 4.69) is 0 Å². The Labute approximate surface area is 139 Å². The van der Waals surface area contributed by atoms with Crippen LogP contribution in [-0.2, 0) is 9.84 Å². The monoisotopic (exact) mass is 351 g/mol. The maximum absolute atomic E-state index is 12.6. The first kappa shape index (κ1) is 16.6. The quantitative estimate of drug-likeness (QED) is 0.756. The van der Waals surface area contributed by atoms with Gasteiger partial charge in [-0.1, -0.05) is 53.0 Å². The fourth-order valence-corrected chi connectivity index (χ4v) is 3.80. The van der Waals surface area contributed by atoms with Crippen molar-refractivity contribution < 1.29 is 8.42 Å². The van der Waals surface area contributed by atoms with E-state index in [0.717, 1.165) is 5.56 Å². The largest absolute Gasteiger partial charge is 0.218 e. The van der Waals surface area contributed by atoms with Gasteiger partial charge in [0.15, 0.2) is 0 Å². The van der Waals surface area contributed by atoms with Crippen molar-refractivity contribution in [3.63, 3.8) is 0 Å². The molecule has 0 radical (unpaired) electrons. The second-order valence-corrected chi connectivity index (χ2v) is 7.34. The summed E-state index contributed by atoms with van der Waals surface area (Å²) in [4.78, 5) is -0.565. The lowest BCUT2D eigenvalue weighted by atomic mass is 10.1. The Bertz CT molecular complexity index is 897. The average molecular weight is 352 g/mol. The van der Waals surface area contributed by atoms with Crippen molar-refractivity contribution in [2.24, 2.45) is 0 Å². The molecule has 0 N–H and O–H groups in total. The van der Waals surface area contributed by atoms with Gasteiger partial charge in [0.05, 0.1) is 9.92 Å². The molecular formula is C16H11Cl2NO2S. The number of halogens is 2. The van der Waals surface area contributed by atoms with Crippen LogP contribution in [-0.4, -0.2) is 8.42 Å². The molecule has 0 saturated heterocycles. The minimum Gasteiger partial charge on any atom is -0.218 e. The first-order valence-corrected chi connectivity index (χ1v) is 8.47. The maximum atomic E-state index is 12.6. The van der Waals surface area contributed by atoms with E-state index in [1.165, 1.54) is 24.3 Å². The molecule has 6 heteroatoms. The number of benzene rings is 2. The first-order valence-electron chi connectivity index (χ1n) is 6.23. The van der Waals surface area contributed by atoms with Gasteiger partial charge in [0.25, 0.3) is 0 Å². The average Bonchev–Trinajstić information content (AvgIpc) is 2.47. The molecular weight excluding hydrogens is 341 g/mol. The van der Waals surface area contributed by atoms with Crippen molar-refractivity contribution in [1.82, 2.24) is 0 Å². The topological polar surface area (TPSA) is 57.9 Å². The highest BCUT2D eigenvalue weighted by Crippen LogP contribution is 2.30. The van der Waals surface area contributed by atoms with Gasteiger partial charge in [0, 0.05) is 5.02 Å². The Balaban J connectivity index is 2.60. The number of nitriles is 1. The van der Waals surface area contributed by atoms with Crippen LogP contribution >= 0.6 is 23.2 Å². The van der Waals surface area contributed by atoms with Crippen LogP contribution in [0.1, 0.15) is 11.1 Å². The predicted molar refractivity (Wildman–Crippen MR) is 88.4 cm³/mol. The van der Waals surface area contributed by atoms with Crippen molar-refractivity contribution >= 4 is 39.1 Å². The van der Waals surface area contributed by atoms with Crippen LogP contribution in [0.3, 0.4) is 0 Å². The molecule has 22 heavy (non-hydrogen) atoms. The van der Waals surface area contributed by atoms with Crippen LogP contribution in [0.15, 0.2) is 52.3 Å². The lowest BCUT2D eigenvalue weighted by Gasteiger charge is -2.06. The van der Waals surface area contributed by atoms with Gasteiger partial charge >= 0.3 is 0 Å². The van der Waals surface area contributed by atoms with Crippen LogP contribution in [0.2, 0.25) is 10.0 Å². The first-order chi connectivity index (χ1) is 10.3. The molecule has 0 unspecified atom stereocenters. The molecule has 0 atom stereocenters. The highest BCUT2D eigenvalue weighted by Gasteiger charge is 2.24. The molecule has 2 aromatic carbocycles. The molecule has 0 spiro atoms. The van der Waals surface area contributed by atoms with Gasteiger partial charge in [-0.05, 0) is 36.8 Å². The highest BCUT2D eigenvalue weighted by atomic mass is 35.5. The van der Waals surface area contributed by atoms with Crippen molar-refractivity contribution in [3.05, 3.63) is 68.5 Å². The normalized spacial score (nSPS) is 12.0. The van der Waals surface area contributed by atoms with Gasteiger partial charge in [-0.25, -0.2) is 8.42 Å². The Hall–Kier alpha value is -1.80. The molecule has 0 aliphatic heterocycles. The van der Waals surface area contributed by atoms with Crippen molar-refractivity contribution in [1.29, 1.82) is 5.26 Å². The minimum absolute atomic E-state index is 0.0230. The van der Waals surface area contributed by atoms with Crippen molar-refractivity contribution in [2.45, 2.75) is 11.8 Å². The molecule has 0 aliphatic rings. The number of allylic oxidation sites excluding steroid dienone is 1. The Morgan fingerprint density at radius 2 is 1.91 bits per heavy atom. The molecule has 0 heterocycles. The summed E-state index contributed by atoms with van der Waals surface area (Å²) in [6, 6.07) is 13.0. The van der Waals surface area contributed by atoms with Crippen LogP contribution in [0.25, 0.3) is 6.08 Å². The molecule has 2 rings (SSSR count). The van der Waals surface area contributed by atoms with E-state index in [-0.39, 0.29) is 19.8 Å². The van der Waals surface area contributed by atoms with E-state index < -0.39 is 9.84 Å². The molecule has 0 fully saturated rings. The third-order valence-corrected chi connectivity index (χ3v) is 5.30. The Morgan fingerprint density at radius 1 is 1.18 bits per heavy atom. The van der Waals surface area contributed by atoms with Gasteiger partial charge in [-0.2, -0.15) is 5.26 Å². The van der Waals surface area contributed by atoms with E-state index in [9.17, 15) is 13.7 Å². The smallest absolute Gasteiger partial charge is 0.218 e. The summed E-state index contributed by atoms with van der Waals surface area (Å²) in [6.45, 7) is 1.88. The molecule has 0 aromatic heterocycles. The minimum atomic E-state index is -4.03. The summed E-state index contributed by atoms with van der Waals surface area (Å²) in [5.41, 5.74) is 1.59. The summed E-state index contributed by atoms with van der Waals surface area (Å²) in [6.07, 6.45) is 1.32. The molecule has 0 bridgehead atoms. The van der Waals surface area contributed by atoms with Crippen LogP contribution in [0.4, 0.5) is 0 Å². The van der Waals surface area contributed by atoms with E-state index >= 15 is 0 Å². The number of sulfone groups is 1. The Kier molecular flexibility index (Phi) is 4.92. The summed E-state index contributed by atoms with van der Waals surface area (Å²) >= 11 is 11.8. The molecule has 3 nitrogen and oxygen atoms in total. The number of rotatable bonds is 3. The number of nitrogens with zero attached hydrogens (tertiary/aromatic N) is 1. The van der Waals surface area contributed by atoms with E-state index in [1.807, 2.05) is 13.0 Å². The summed E-state index contributed by atoms with van der Waals surface area (Å²) in [5, 5.41) is 9.50. The molecule has 2 aromatic rings. The molecule has 0 saturated carbocycles. The summed E-state index contributed by atoms with van der Waals surface area (Å²) in [7, 11) is -4.03. The van der Waals surface area contributed by atoms with Gasteiger partial charge in [-0.15, -0.1) is 0 Å². The third-order valence-electron chi connectivity index (χ3n) is 2.92. The third kappa shape index (κ3) is 3.50. The molecule has 112 valence electrons. The van der Waals surface area contributed by atoms with E-state index in [1.54, 1.807) is 24.3 Å². The molecule has 0 aliphatic carbocycles. The second kappa shape index (κ2) is 6.53. The van der Waals surface area contributed by atoms with Gasteiger partial charge < -0.3 is 0 Å².